The fourth-order valence-electron chi connectivity index (χ4n) is 1.80. The molecule has 0 amide bonds. The van der Waals surface area contributed by atoms with E-state index in [9.17, 15) is 10.1 Å². The average molecular weight is 289 g/mol. The van der Waals surface area contributed by atoms with Crippen LogP contribution in [0.15, 0.2) is 36.4 Å². The van der Waals surface area contributed by atoms with Gasteiger partial charge in [0.15, 0.2) is 0 Å². The Kier molecular flexibility index (Phi) is 4.55. The summed E-state index contributed by atoms with van der Waals surface area (Å²) in [5, 5.41) is 13.9. The highest BCUT2D eigenvalue weighted by molar-refractivity contribution is 5.61. The number of pyridine rings is 1. The van der Waals surface area contributed by atoms with Gasteiger partial charge in [-0.25, -0.2) is 4.98 Å². The molecule has 110 valence electrons. The monoisotopic (exact) mass is 289 g/mol. The van der Waals surface area contributed by atoms with Gasteiger partial charge in [0, 0.05) is 18.2 Å². The van der Waals surface area contributed by atoms with E-state index in [4.69, 9.17) is 9.47 Å². The van der Waals surface area contributed by atoms with E-state index >= 15 is 0 Å². The van der Waals surface area contributed by atoms with E-state index < -0.39 is 4.92 Å². The highest BCUT2D eigenvalue weighted by atomic mass is 16.6. The number of rotatable bonds is 6. The van der Waals surface area contributed by atoms with Crippen LogP contribution < -0.4 is 14.8 Å². The second kappa shape index (κ2) is 6.56. The molecule has 0 saturated heterocycles. The van der Waals surface area contributed by atoms with Crippen LogP contribution >= 0.6 is 0 Å². The summed E-state index contributed by atoms with van der Waals surface area (Å²) in [4.78, 5) is 14.6. The molecule has 1 aromatic heterocycles. The van der Waals surface area contributed by atoms with E-state index in [1.54, 1.807) is 19.2 Å². The van der Waals surface area contributed by atoms with Gasteiger partial charge in [-0.05, 0) is 12.1 Å². The zero-order valence-corrected chi connectivity index (χ0v) is 11.7. The number of benzene rings is 1. The quantitative estimate of drug-likeness (QED) is 0.649. The van der Waals surface area contributed by atoms with Crippen LogP contribution in [0, 0.1) is 10.1 Å². The van der Waals surface area contributed by atoms with Crippen molar-refractivity contribution in [1.82, 2.24) is 4.98 Å². The van der Waals surface area contributed by atoms with E-state index in [0.717, 1.165) is 5.69 Å². The Bertz CT molecular complexity index is 646. The lowest BCUT2D eigenvalue weighted by Crippen LogP contribution is -2.04. The number of nitrogens with zero attached hydrogens (tertiary/aromatic N) is 2. The van der Waals surface area contributed by atoms with Crippen molar-refractivity contribution in [3.8, 4) is 11.6 Å². The first-order chi connectivity index (χ1) is 10.1. The van der Waals surface area contributed by atoms with E-state index in [1.165, 1.54) is 19.2 Å². The number of non-ortho nitro benzene ring substituents is 1. The molecule has 1 aromatic carbocycles. The molecule has 0 atom stereocenters. The van der Waals surface area contributed by atoms with E-state index in [2.05, 4.69) is 10.3 Å². The molecule has 0 saturated carbocycles. The van der Waals surface area contributed by atoms with Crippen LogP contribution in [0.4, 0.5) is 11.4 Å². The van der Waals surface area contributed by atoms with Crippen molar-refractivity contribution in [3.05, 3.63) is 52.2 Å². The minimum Gasteiger partial charge on any atom is -0.495 e. The summed E-state index contributed by atoms with van der Waals surface area (Å²) in [6.45, 7) is 0.398. The lowest BCUT2D eigenvalue weighted by Gasteiger charge is -2.11. The summed E-state index contributed by atoms with van der Waals surface area (Å²) >= 11 is 0. The third-order valence-electron chi connectivity index (χ3n) is 2.84. The first-order valence-corrected chi connectivity index (χ1v) is 6.20. The van der Waals surface area contributed by atoms with Gasteiger partial charge in [-0.2, -0.15) is 0 Å². The summed E-state index contributed by atoms with van der Waals surface area (Å²) in [5.41, 5.74) is 1.29. The summed E-state index contributed by atoms with van der Waals surface area (Å²) in [6, 6.07) is 9.79. The van der Waals surface area contributed by atoms with Crippen LogP contribution in [0.5, 0.6) is 11.6 Å². The SMILES string of the molecule is COc1cccc(CNc2cc([N+](=O)[O-])ccc2OC)n1. The molecule has 0 radical (unpaired) electrons. The van der Waals surface area contributed by atoms with Crippen molar-refractivity contribution in [2.75, 3.05) is 19.5 Å². The molecule has 0 spiro atoms. The number of methoxy groups -OCH3 is 2. The van der Waals surface area contributed by atoms with Crippen molar-refractivity contribution in [2.45, 2.75) is 6.54 Å². The highest BCUT2D eigenvalue weighted by Gasteiger charge is 2.11. The number of anilines is 1. The number of aromatic nitrogens is 1. The molecule has 0 aliphatic carbocycles. The summed E-state index contributed by atoms with van der Waals surface area (Å²) in [7, 11) is 3.05. The van der Waals surface area contributed by atoms with Crippen molar-refractivity contribution in [3.63, 3.8) is 0 Å². The number of ether oxygens (including phenoxy) is 2. The minimum absolute atomic E-state index is 0.00287. The summed E-state index contributed by atoms with van der Waals surface area (Å²) in [5.74, 6) is 1.05. The Balaban J connectivity index is 2.17. The van der Waals surface area contributed by atoms with Crippen LogP contribution in [0.3, 0.4) is 0 Å². The molecule has 0 fully saturated rings. The lowest BCUT2D eigenvalue weighted by molar-refractivity contribution is -0.384. The van der Waals surface area contributed by atoms with Crippen molar-refractivity contribution in [1.29, 1.82) is 0 Å². The van der Waals surface area contributed by atoms with E-state index in [0.29, 0.717) is 23.9 Å². The largest absolute Gasteiger partial charge is 0.495 e. The van der Waals surface area contributed by atoms with Crippen LogP contribution in [0.2, 0.25) is 0 Å². The van der Waals surface area contributed by atoms with Crippen molar-refractivity contribution in [2.24, 2.45) is 0 Å². The smallest absolute Gasteiger partial charge is 0.271 e. The molecule has 0 aliphatic rings. The first kappa shape index (κ1) is 14.6. The Hall–Kier alpha value is -2.83. The average Bonchev–Trinajstić information content (AvgIpc) is 2.52. The van der Waals surface area contributed by atoms with Crippen LogP contribution in [0.25, 0.3) is 0 Å². The van der Waals surface area contributed by atoms with Gasteiger partial charge in [-0.1, -0.05) is 6.07 Å². The zero-order chi connectivity index (χ0) is 15.2. The highest BCUT2D eigenvalue weighted by Crippen LogP contribution is 2.29. The maximum absolute atomic E-state index is 10.8. The van der Waals surface area contributed by atoms with Gasteiger partial charge in [-0.3, -0.25) is 10.1 Å². The Morgan fingerprint density at radius 2 is 2.05 bits per heavy atom. The molecule has 7 nitrogen and oxygen atoms in total. The second-order valence-electron chi connectivity index (χ2n) is 4.17. The van der Waals surface area contributed by atoms with Crippen LogP contribution in [0.1, 0.15) is 5.69 Å². The standard InChI is InChI=1S/C14H15N3O4/c1-20-13-7-6-11(17(18)19)8-12(13)15-9-10-4-3-5-14(16-10)21-2/h3-8,15H,9H2,1-2H3. The molecule has 0 bridgehead atoms. The molecular weight excluding hydrogens is 274 g/mol. The molecule has 2 rings (SSSR count). The first-order valence-electron chi connectivity index (χ1n) is 6.20. The number of nitrogens with one attached hydrogen (secondary N) is 1. The van der Waals surface area contributed by atoms with Crippen LogP contribution in [-0.4, -0.2) is 24.1 Å². The number of nitro groups is 1. The summed E-state index contributed by atoms with van der Waals surface area (Å²) in [6.07, 6.45) is 0. The van der Waals surface area contributed by atoms with Gasteiger partial charge < -0.3 is 14.8 Å². The minimum atomic E-state index is -0.450. The predicted molar refractivity (Wildman–Crippen MR) is 77.8 cm³/mol. The van der Waals surface area contributed by atoms with Crippen LogP contribution in [-0.2, 0) is 6.54 Å². The number of nitro benzene ring substituents is 1. The molecule has 1 N–H and O–H groups in total. The molecule has 0 aliphatic heterocycles. The maximum atomic E-state index is 10.8. The van der Waals surface area contributed by atoms with Gasteiger partial charge in [0.2, 0.25) is 5.88 Å². The van der Waals surface area contributed by atoms with Gasteiger partial charge in [0.1, 0.15) is 5.75 Å². The molecule has 2 aromatic rings. The molecule has 0 unspecified atom stereocenters. The van der Waals surface area contributed by atoms with E-state index in [-0.39, 0.29) is 5.69 Å². The Morgan fingerprint density at radius 1 is 1.24 bits per heavy atom. The number of hydrogen-bond donors (Lipinski definition) is 1. The molecule has 1 heterocycles. The lowest BCUT2D eigenvalue weighted by atomic mass is 10.2. The van der Waals surface area contributed by atoms with Gasteiger partial charge in [-0.15, -0.1) is 0 Å². The van der Waals surface area contributed by atoms with Gasteiger partial charge in [0.05, 0.1) is 37.1 Å². The number of hydrogen-bond acceptors (Lipinski definition) is 6. The Labute approximate surface area is 121 Å². The zero-order valence-electron chi connectivity index (χ0n) is 11.7. The van der Waals surface area contributed by atoms with E-state index in [1.807, 2.05) is 12.1 Å². The second-order valence-corrected chi connectivity index (χ2v) is 4.17. The summed E-state index contributed by atoms with van der Waals surface area (Å²) < 4.78 is 10.2. The molecule has 7 heteroatoms. The normalized spacial score (nSPS) is 10.0. The van der Waals surface area contributed by atoms with Gasteiger partial charge >= 0.3 is 0 Å². The fourth-order valence-corrected chi connectivity index (χ4v) is 1.80. The third kappa shape index (κ3) is 3.59. The molecular formula is C14H15N3O4. The maximum Gasteiger partial charge on any atom is 0.271 e. The third-order valence-corrected chi connectivity index (χ3v) is 2.84. The fraction of sp³-hybridized carbons (Fsp3) is 0.214. The molecule has 21 heavy (non-hydrogen) atoms. The van der Waals surface area contributed by atoms with Gasteiger partial charge in [0.25, 0.3) is 5.69 Å². The predicted octanol–water partition coefficient (Wildman–Crippen LogP) is 2.62. The topological polar surface area (TPSA) is 86.5 Å². The van der Waals surface area contributed by atoms with Crippen molar-refractivity contribution >= 4 is 11.4 Å². The van der Waals surface area contributed by atoms with Crippen molar-refractivity contribution < 1.29 is 14.4 Å². The Morgan fingerprint density at radius 3 is 2.71 bits per heavy atom.